The molecule has 1 aliphatic carbocycles. The molecule has 3 rings (SSSR count). The van der Waals surface area contributed by atoms with Gasteiger partial charge in [-0.05, 0) is 25.0 Å². The van der Waals surface area contributed by atoms with Crippen molar-refractivity contribution in [2.45, 2.75) is 30.9 Å². The van der Waals surface area contributed by atoms with Gasteiger partial charge < -0.3 is 5.73 Å². The van der Waals surface area contributed by atoms with Gasteiger partial charge in [-0.15, -0.1) is 0 Å². The second-order valence-corrected chi connectivity index (χ2v) is 5.09. The first-order valence-corrected chi connectivity index (χ1v) is 6.22. The van der Waals surface area contributed by atoms with Crippen LogP contribution in [0.15, 0.2) is 24.4 Å². The molecule has 0 atom stereocenters. The van der Waals surface area contributed by atoms with Gasteiger partial charge in [0.25, 0.3) is 0 Å². The second kappa shape index (κ2) is 3.96. The Morgan fingerprint density at radius 3 is 2.58 bits per heavy atom. The van der Waals surface area contributed by atoms with Gasteiger partial charge in [-0.25, -0.2) is 4.98 Å². The van der Waals surface area contributed by atoms with Gasteiger partial charge in [0.2, 0.25) is 0 Å². The summed E-state index contributed by atoms with van der Waals surface area (Å²) in [6.07, 6.45) is -0.321. The summed E-state index contributed by atoms with van der Waals surface area (Å²) in [7, 11) is 0. The van der Waals surface area contributed by atoms with Gasteiger partial charge in [-0.2, -0.15) is 13.2 Å². The van der Waals surface area contributed by atoms with E-state index in [1.807, 2.05) is 0 Å². The zero-order valence-corrected chi connectivity index (χ0v) is 10.2. The molecule has 2 N–H and O–H groups in total. The fraction of sp³-hybridized carbons (Fsp3) is 0.462. The van der Waals surface area contributed by atoms with Gasteiger partial charge in [-0.3, -0.25) is 4.40 Å². The quantitative estimate of drug-likeness (QED) is 0.911. The number of rotatable bonds is 2. The van der Waals surface area contributed by atoms with Gasteiger partial charge in [0.1, 0.15) is 11.5 Å². The van der Waals surface area contributed by atoms with Crippen LogP contribution < -0.4 is 5.73 Å². The maximum absolute atomic E-state index is 13.1. The third kappa shape index (κ3) is 1.74. The van der Waals surface area contributed by atoms with E-state index in [4.69, 9.17) is 5.73 Å². The van der Waals surface area contributed by atoms with Crippen molar-refractivity contribution in [3.63, 3.8) is 0 Å². The van der Waals surface area contributed by atoms with Crippen LogP contribution in [-0.4, -0.2) is 15.9 Å². The molecule has 0 radical (unpaired) electrons. The molecule has 102 valence electrons. The van der Waals surface area contributed by atoms with Crippen molar-refractivity contribution in [3.8, 4) is 0 Å². The number of hydrogen-bond donors (Lipinski definition) is 1. The first kappa shape index (κ1) is 12.5. The fourth-order valence-electron chi connectivity index (χ4n) is 2.77. The minimum Gasteiger partial charge on any atom is -0.329 e. The van der Waals surface area contributed by atoms with Gasteiger partial charge >= 0.3 is 6.18 Å². The number of hydrogen-bond acceptors (Lipinski definition) is 2. The second-order valence-electron chi connectivity index (χ2n) is 5.09. The van der Waals surface area contributed by atoms with Crippen molar-refractivity contribution < 1.29 is 13.2 Å². The Morgan fingerprint density at radius 2 is 2.05 bits per heavy atom. The van der Waals surface area contributed by atoms with Crippen molar-refractivity contribution in [2.24, 2.45) is 5.73 Å². The third-order valence-corrected chi connectivity index (χ3v) is 4.02. The zero-order valence-electron chi connectivity index (χ0n) is 10.2. The third-order valence-electron chi connectivity index (χ3n) is 4.02. The molecule has 19 heavy (non-hydrogen) atoms. The molecule has 0 aromatic carbocycles. The molecule has 2 heterocycles. The SMILES string of the molecule is NCC1(c2ncc3cccc(C(F)(F)F)n23)CCC1. The van der Waals surface area contributed by atoms with E-state index in [1.54, 1.807) is 6.07 Å². The highest BCUT2D eigenvalue weighted by atomic mass is 19.4. The Kier molecular flexibility index (Phi) is 2.60. The van der Waals surface area contributed by atoms with Crippen LogP contribution in [0.5, 0.6) is 0 Å². The molecular weight excluding hydrogens is 255 g/mol. The average Bonchev–Trinajstić information content (AvgIpc) is 2.71. The Balaban J connectivity index is 2.27. The van der Waals surface area contributed by atoms with Crippen LogP contribution in [0.3, 0.4) is 0 Å². The predicted molar refractivity (Wildman–Crippen MR) is 64.8 cm³/mol. The minimum atomic E-state index is -4.39. The summed E-state index contributed by atoms with van der Waals surface area (Å²) >= 11 is 0. The molecule has 1 fully saturated rings. The number of nitrogens with two attached hydrogens (primary N) is 1. The Hall–Kier alpha value is -1.56. The lowest BCUT2D eigenvalue weighted by Crippen LogP contribution is -2.43. The smallest absolute Gasteiger partial charge is 0.329 e. The molecule has 6 heteroatoms. The largest absolute Gasteiger partial charge is 0.431 e. The Bertz CT molecular complexity index is 606. The number of halogens is 3. The van der Waals surface area contributed by atoms with Crippen molar-refractivity contribution >= 4 is 5.52 Å². The summed E-state index contributed by atoms with van der Waals surface area (Å²) < 4.78 is 40.5. The molecule has 2 aromatic rings. The number of imidazole rings is 1. The molecule has 0 bridgehead atoms. The maximum atomic E-state index is 13.1. The van der Waals surface area contributed by atoms with E-state index in [-0.39, 0.29) is 0 Å². The summed E-state index contributed by atoms with van der Waals surface area (Å²) in [5.41, 5.74) is 5.16. The highest BCUT2D eigenvalue weighted by molar-refractivity contribution is 5.49. The summed E-state index contributed by atoms with van der Waals surface area (Å²) in [5, 5.41) is 0. The number of alkyl halides is 3. The van der Waals surface area contributed by atoms with Gasteiger partial charge in [0, 0.05) is 12.0 Å². The molecule has 0 aliphatic heterocycles. The first-order valence-electron chi connectivity index (χ1n) is 6.22. The topological polar surface area (TPSA) is 43.3 Å². The van der Waals surface area contributed by atoms with E-state index in [0.717, 1.165) is 25.3 Å². The van der Waals surface area contributed by atoms with E-state index < -0.39 is 17.3 Å². The summed E-state index contributed by atoms with van der Waals surface area (Å²) in [6.45, 7) is 0.332. The molecule has 1 aliphatic rings. The van der Waals surface area contributed by atoms with E-state index in [1.165, 1.54) is 16.7 Å². The number of fused-ring (bicyclic) bond motifs is 1. The fourth-order valence-corrected chi connectivity index (χ4v) is 2.77. The first-order chi connectivity index (χ1) is 8.98. The lowest BCUT2D eigenvalue weighted by Gasteiger charge is -2.40. The Labute approximate surface area is 108 Å². The monoisotopic (exact) mass is 269 g/mol. The van der Waals surface area contributed by atoms with Crippen LogP contribution in [0, 0.1) is 0 Å². The van der Waals surface area contributed by atoms with E-state index in [9.17, 15) is 13.2 Å². The predicted octanol–water partition coefficient (Wildman–Crippen LogP) is 2.73. The summed E-state index contributed by atoms with van der Waals surface area (Å²) in [6, 6.07) is 4.12. The van der Waals surface area contributed by atoms with E-state index in [0.29, 0.717) is 17.9 Å². The normalized spacial score (nSPS) is 18.5. The highest BCUT2D eigenvalue weighted by Crippen LogP contribution is 2.43. The zero-order chi connectivity index (χ0) is 13.7. The molecule has 2 aromatic heterocycles. The number of nitrogens with zero attached hydrogens (tertiary/aromatic N) is 2. The standard InChI is InChI=1S/C13H14F3N3/c14-13(15,16)10-4-1-3-9-7-18-11(19(9)10)12(8-17)5-2-6-12/h1,3-4,7H,2,5-6,8,17H2. The van der Waals surface area contributed by atoms with Crippen LogP contribution in [-0.2, 0) is 11.6 Å². The molecule has 0 spiro atoms. The van der Waals surface area contributed by atoms with Crippen LogP contribution in [0.2, 0.25) is 0 Å². The van der Waals surface area contributed by atoms with Crippen molar-refractivity contribution in [1.82, 2.24) is 9.38 Å². The lowest BCUT2D eigenvalue weighted by molar-refractivity contribution is -0.142. The average molecular weight is 269 g/mol. The van der Waals surface area contributed by atoms with E-state index >= 15 is 0 Å². The van der Waals surface area contributed by atoms with Crippen LogP contribution >= 0.6 is 0 Å². The molecule has 0 amide bonds. The summed E-state index contributed by atoms with van der Waals surface area (Å²) in [5.74, 6) is 0.448. The minimum absolute atomic E-state index is 0.332. The van der Waals surface area contributed by atoms with Crippen molar-refractivity contribution in [2.75, 3.05) is 6.54 Å². The van der Waals surface area contributed by atoms with Gasteiger partial charge in [-0.1, -0.05) is 12.5 Å². The Morgan fingerprint density at radius 1 is 1.32 bits per heavy atom. The number of pyridine rings is 1. The number of aromatic nitrogens is 2. The molecular formula is C13H14F3N3. The van der Waals surface area contributed by atoms with Crippen LogP contribution in [0.4, 0.5) is 13.2 Å². The van der Waals surface area contributed by atoms with Crippen molar-refractivity contribution in [3.05, 3.63) is 35.9 Å². The molecule has 0 unspecified atom stereocenters. The summed E-state index contributed by atoms with van der Waals surface area (Å²) in [4.78, 5) is 4.22. The van der Waals surface area contributed by atoms with Crippen LogP contribution in [0.25, 0.3) is 5.52 Å². The lowest BCUT2D eigenvalue weighted by atomic mass is 9.68. The van der Waals surface area contributed by atoms with Crippen molar-refractivity contribution in [1.29, 1.82) is 0 Å². The van der Waals surface area contributed by atoms with E-state index in [2.05, 4.69) is 4.98 Å². The molecule has 0 saturated heterocycles. The van der Waals surface area contributed by atoms with Gasteiger partial charge in [0.05, 0.1) is 11.7 Å². The highest BCUT2D eigenvalue weighted by Gasteiger charge is 2.43. The van der Waals surface area contributed by atoms with Crippen LogP contribution in [0.1, 0.15) is 30.8 Å². The van der Waals surface area contributed by atoms with Gasteiger partial charge in [0.15, 0.2) is 0 Å². The molecule has 1 saturated carbocycles. The molecule has 3 nitrogen and oxygen atoms in total. The maximum Gasteiger partial charge on any atom is 0.431 e.